The highest BCUT2D eigenvalue weighted by Crippen LogP contribution is 2.00. The molecule has 0 aromatic rings. The van der Waals surface area contributed by atoms with Crippen molar-refractivity contribution in [1.82, 2.24) is 0 Å². The first-order valence-corrected chi connectivity index (χ1v) is 6.21. The van der Waals surface area contributed by atoms with Crippen LogP contribution in [0.15, 0.2) is 11.8 Å². The molecule has 0 saturated carbocycles. The summed E-state index contributed by atoms with van der Waals surface area (Å²) < 4.78 is 0. The molecule has 0 aliphatic carbocycles. The molecular formula is C6H11NSi. The summed E-state index contributed by atoms with van der Waals surface area (Å²) >= 11 is 0. The van der Waals surface area contributed by atoms with Gasteiger partial charge >= 0.3 is 0 Å². The Bertz CT molecular complexity index is 124. The lowest BCUT2D eigenvalue weighted by Crippen LogP contribution is -2.14. The molecule has 0 bridgehead atoms. The maximum atomic E-state index is 8.12. The smallest absolute Gasteiger partial charge is 0.0904 e. The van der Waals surface area contributed by atoms with Crippen LogP contribution in [0.2, 0.25) is 19.6 Å². The van der Waals surface area contributed by atoms with Crippen molar-refractivity contribution in [2.75, 3.05) is 0 Å². The largest absolute Gasteiger partial charge is 0.193 e. The predicted octanol–water partition coefficient (Wildman–Crippen LogP) is 1.94. The number of nitriles is 1. The van der Waals surface area contributed by atoms with Crippen molar-refractivity contribution in [1.29, 1.82) is 5.26 Å². The van der Waals surface area contributed by atoms with E-state index in [9.17, 15) is 0 Å². The third-order valence-electron chi connectivity index (χ3n) is 0.658. The van der Waals surface area contributed by atoms with Gasteiger partial charge in [0.25, 0.3) is 0 Å². The lowest BCUT2D eigenvalue weighted by Gasteiger charge is -2.05. The summed E-state index contributed by atoms with van der Waals surface area (Å²) in [6.07, 6.45) is 1.58. The van der Waals surface area contributed by atoms with Crippen molar-refractivity contribution in [2.45, 2.75) is 19.6 Å². The lowest BCUT2D eigenvalue weighted by atomic mass is 10.7. The number of rotatable bonds is 1. The molecule has 0 heterocycles. The van der Waals surface area contributed by atoms with Crippen molar-refractivity contribution in [2.24, 2.45) is 0 Å². The van der Waals surface area contributed by atoms with Crippen LogP contribution in [0.25, 0.3) is 0 Å². The highest BCUT2D eigenvalue weighted by atomic mass is 28.3. The number of hydrogen-bond acceptors (Lipinski definition) is 1. The monoisotopic (exact) mass is 125 g/mol. The normalized spacial score (nSPS) is 11.8. The summed E-state index contributed by atoms with van der Waals surface area (Å²) in [7, 11) is -1.08. The molecule has 8 heavy (non-hydrogen) atoms. The number of allylic oxidation sites excluding steroid dienone is 1. The number of nitrogens with zero attached hydrogens (tertiary/aromatic N) is 1. The maximum absolute atomic E-state index is 8.12. The average Bonchev–Trinajstić information content (AvgIpc) is 1.59. The van der Waals surface area contributed by atoms with E-state index >= 15 is 0 Å². The van der Waals surface area contributed by atoms with Gasteiger partial charge in [0.15, 0.2) is 0 Å². The summed E-state index contributed by atoms with van der Waals surface area (Å²) in [5.41, 5.74) is 2.02. The van der Waals surface area contributed by atoms with E-state index in [1.807, 2.05) is 11.8 Å². The van der Waals surface area contributed by atoms with Gasteiger partial charge in [-0.25, -0.2) is 0 Å². The fourth-order valence-corrected chi connectivity index (χ4v) is 0.862. The highest BCUT2D eigenvalue weighted by Gasteiger charge is 2.05. The SMILES string of the molecule is C[Si](C)(C)/C=C/C#N. The van der Waals surface area contributed by atoms with Crippen LogP contribution in [0, 0.1) is 11.3 Å². The summed E-state index contributed by atoms with van der Waals surface area (Å²) in [6.45, 7) is 6.59. The summed E-state index contributed by atoms with van der Waals surface area (Å²) in [5.74, 6) is 0. The Labute approximate surface area is 51.6 Å². The zero-order valence-electron chi connectivity index (χ0n) is 5.60. The second-order valence-corrected chi connectivity index (χ2v) is 7.89. The van der Waals surface area contributed by atoms with Gasteiger partial charge < -0.3 is 0 Å². The zero-order valence-corrected chi connectivity index (χ0v) is 6.60. The summed E-state index contributed by atoms with van der Waals surface area (Å²) in [4.78, 5) is 0. The van der Waals surface area contributed by atoms with Crippen LogP contribution in [0.4, 0.5) is 0 Å². The fourth-order valence-electron chi connectivity index (χ4n) is 0.287. The van der Waals surface area contributed by atoms with E-state index in [-0.39, 0.29) is 0 Å². The minimum Gasteiger partial charge on any atom is -0.193 e. The molecule has 0 aliphatic heterocycles. The van der Waals surface area contributed by atoms with Gasteiger partial charge in [-0.2, -0.15) is 5.26 Å². The Hall–Kier alpha value is -0.553. The maximum Gasteiger partial charge on any atom is 0.0904 e. The zero-order chi connectivity index (χ0) is 6.62. The molecule has 0 fully saturated rings. The van der Waals surface area contributed by atoms with Crippen LogP contribution >= 0.6 is 0 Å². The molecule has 0 atom stereocenters. The first-order chi connectivity index (χ1) is 3.56. The van der Waals surface area contributed by atoms with Crippen LogP contribution in [0.5, 0.6) is 0 Å². The Morgan fingerprint density at radius 2 is 1.88 bits per heavy atom. The molecule has 0 spiro atoms. The van der Waals surface area contributed by atoms with Crippen LogP contribution in [-0.2, 0) is 0 Å². The van der Waals surface area contributed by atoms with Crippen molar-refractivity contribution < 1.29 is 0 Å². The van der Waals surface area contributed by atoms with Gasteiger partial charge in [0.2, 0.25) is 0 Å². The molecule has 0 aromatic heterocycles. The van der Waals surface area contributed by atoms with E-state index < -0.39 is 8.07 Å². The highest BCUT2D eigenvalue weighted by molar-refractivity contribution is 6.81. The average molecular weight is 125 g/mol. The topological polar surface area (TPSA) is 23.8 Å². The molecule has 0 radical (unpaired) electrons. The van der Waals surface area contributed by atoms with E-state index in [0.29, 0.717) is 0 Å². The molecule has 0 aromatic carbocycles. The van der Waals surface area contributed by atoms with Gasteiger partial charge in [-0.1, -0.05) is 25.3 Å². The van der Waals surface area contributed by atoms with E-state index in [1.165, 1.54) is 0 Å². The minimum atomic E-state index is -1.08. The van der Waals surface area contributed by atoms with E-state index in [0.717, 1.165) is 0 Å². The van der Waals surface area contributed by atoms with Crippen molar-refractivity contribution in [3.63, 3.8) is 0 Å². The second-order valence-electron chi connectivity index (χ2n) is 2.83. The van der Waals surface area contributed by atoms with E-state index in [1.54, 1.807) is 6.08 Å². The van der Waals surface area contributed by atoms with Gasteiger partial charge in [0.05, 0.1) is 14.1 Å². The first kappa shape index (κ1) is 7.45. The van der Waals surface area contributed by atoms with E-state index in [2.05, 4.69) is 19.6 Å². The van der Waals surface area contributed by atoms with Gasteiger partial charge in [-0.15, -0.1) is 0 Å². The molecule has 44 valence electrons. The number of hydrogen-bond donors (Lipinski definition) is 0. The summed E-state index contributed by atoms with van der Waals surface area (Å²) in [5, 5.41) is 8.12. The first-order valence-electron chi connectivity index (χ1n) is 2.63. The molecule has 2 heteroatoms. The Balaban J connectivity index is 3.75. The van der Waals surface area contributed by atoms with Crippen molar-refractivity contribution in [3.8, 4) is 6.07 Å². The second kappa shape index (κ2) is 2.68. The standard InChI is InChI=1S/C6H11NSi/c1-8(2,3)6-4-5-7/h4,6H,1-3H3/b6-4+. The van der Waals surface area contributed by atoms with Crippen molar-refractivity contribution >= 4 is 8.07 Å². The fraction of sp³-hybridized carbons (Fsp3) is 0.500. The van der Waals surface area contributed by atoms with Gasteiger partial charge in [-0.05, 0) is 0 Å². The van der Waals surface area contributed by atoms with Crippen LogP contribution in [-0.4, -0.2) is 8.07 Å². The van der Waals surface area contributed by atoms with E-state index in [4.69, 9.17) is 5.26 Å². The Morgan fingerprint density at radius 3 is 2.00 bits per heavy atom. The predicted molar refractivity (Wildman–Crippen MR) is 38.1 cm³/mol. The van der Waals surface area contributed by atoms with Crippen molar-refractivity contribution in [3.05, 3.63) is 11.8 Å². The molecule has 0 unspecified atom stereocenters. The van der Waals surface area contributed by atoms with Crippen LogP contribution < -0.4 is 0 Å². The van der Waals surface area contributed by atoms with Crippen LogP contribution in [0.1, 0.15) is 0 Å². The molecule has 0 aliphatic rings. The molecular weight excluding hydrogens is 114 g/mol. The van der Waals surface area contributed by atoms with Gasteiger partial charge in [0, 0.05) is 6.08 Å². The van der Waals surface area contributed by atoms with Gasteiger partial charge in [-0.3, -0.25) is 0 Å². The third kappa shape index (κ3) is 5.45. The molecule has 0 rings (SSSR count). The van der Waals surface area contributed by atoms with Crippen LogP contribution in [0.3, 0.4) is 0 Å². The Morgan fingerprint density at radius 1 is 1.38 bits per heavy atom. The molecule has 1 nitrogen and oxygen atoms in total. The molecule has 0 N–H and O–H groups in total. The Kier molecular flexibility index (Phi) is 2.50. The molecule has 0 saturated heterocycles. The quantitative estimate of drug-likeness (QED) is 0.388. The minimum absolute atomic E-state index is 1.08. The summed E-state index contributed by atoms with van der Waals surface area (Å²) in [6, 6.07) is 1.98. The molecule has 0 amide bonds. The third-order valence-corrected chi connectivity index (χ3v) is 1.82. The van der Waals surface area contributed by atoms with Gasteiger partial charge in [0.1, 0.15) is 0 Å². The lowest BCUT2D eigenvalue weighted by molar-refractivity contribution is 1.53.